The number of para-hydroxylation sites is 1. The molecule has 0 aliphatic carbocycles. The number of fused-ring (bicyclic) bond motifs is 1. The molecule has 0 fully saturated rings. The van der Waals surface area contributed by atoms with E-state index in [-0.39, 0.29) is 29.9 Å². The van der Waals surface area contributed by atoms with Crippen LogP contribution in [0.1, 0.15) is 59.0 Å². The molecular formula is C27H29NO6. The van der Waals surface area contributed by atoms with Crippen LogP contribution in [0.15, 0.2) is 54.6 Å². The van der Waals surface area contributed by atoms with E-state index in [9.17, 15) is 15.0 Å². The first kappa shape index (κ1) is 23.6. The zero-order valence-electron chi connectivity index (χ0n) is 19.4. The largest absolute Gasteiger partial charge is 0.493 e. The van der Waals surface area contributed by atoms with E-state index in [0.717, 1.165) is 28.0 Å². The number of benzene rings is 3. The summed E-state index contributed by atoms with van der Waals surface area (Å²) in [5.41, 5.74) is 10.8. The molecule has 1 heterocycles. The van der Waals surface area contributed by atoms with Crippen molar-refractivity contribution < 1.29 is 29.2 Å². The van der Waals surface area contributed by atoms with Gasteiger partial charge < -0.3 is 30.2 Å². The van der Waals surface area contributed by atoms with Crippen LogP contribution in [0.2, 0.25) is 0 Å². The minimum atomic E-state index is -1.13. The van der Waals surface area contributed by atoms with E-state index in [1.807, 2.05) is 30.3 Å². The maximum Gasteiger partial charge on any atom is 0.339 e. The van der Waals surface area contributed by atoms with Crippen molar-refractivity contribution in [3.05, 3.63) is 76.9 Å². The Labute approximate surface area is 198 Å². The van der Waals surface area contributed by atoms with Crippen molar-refractivity contribution in [3.8, 4) is 28.4 Å². The number of hydrogen-bond donors (Lipinski definition) is 3. The number of nitrogens with two attached hydrogens (primary N) is 1. The molecule has 3 aromatic carbocycles. The van der Waals surface area contributed by atoms with Gasteiger partial charge in [0.2, 0.25) is 0 Å². The van der Waals surface area contributed by atoms with Crippen molar-refractivity contribution in [2.45, 2.75) is 31.9 Å². The molecule has 0 radical (unpaired) electrons. The molecule has 1 aliphatic rings. The Bertz CT molecular complexity index is 1210. The zero-order chi connectivity index (χ0) is 24.4. The Balaban J connectivity index is 1.64. The number of aromatic carboxylic acids is 1. The molecule has 4 rings (SSSR count). The number of carbonyl (C=O) groups is 1. The number of ether oxygens (including phenoxy) is 3. The Hall–Kier alpha value is -3.55. The summed E-state index contributed by atoms with van der Waals surface area (Å²) < 4.78 is 16.6. The highest BCUT2D eigenvalue weighted by atomic mass is 16.5. The summed E-state index contributed by atoms with van der Waals surface area (Å²) in [5.74, 6) is 0.284. The van der Waals surface area contributed by atoms with Crippen molar-refractivity contribution in [2.75, 3.05) is 20.3 Å². The fraction of sp³-hybridized carbons (Fsp3) is 0.296. The van der Waals surface area contributed by atoms with Crippen LogP contribution in [0, 0.1) is 0 Å². The van der Waals surface area contributed by atoms with Crippen molar-refractivity contribution >= 4 is 5.97 Å². The topological polar surface area (TPSA) is 111 Å². The molecule has 0 bridgehead atoms. The third-order valence-corrected chi connectivity index (χ3v) is 6.00. The molecule has 7 nitrogen and oxygen atoms in total. The van der Waals surface area contributed by atoms with E-state index in [1.165, 1.54) is 13.2 Å². The summed E-state index contributed by atoms with van der Waals surface area (Å²) >= 11 is 0. The van der Waals surface area contributed by atoms with E-state index >= 15 is 0 Å². The van der Waals surface area contributed by atoms with Gasteiger partial charge in [0.25, 0.3) is 0 Å². The minimum Gasteiger partial charge on any atom is -0.493 e. The normalized spacial score (nSPS) is 15.5. The number of carboxylic acid groups (broad SMARTS) is 1. The van der Waals surface area contributed by atoms with Gasteiger partial charge in [-0.25, -0.2) is 4.79 Å². The second-order valence-corrected chi connectivity index (χ2v) is 8.68. The lowest BCUT2D eigenvalue weighted by molar-refractivity contribution is 0.0681. The molecule has 7 heteroatoms. The van der Waals surface area contributed by atoms with Crippen LogP contribution in [0.4, 0.5) is 0 Å². The average Bonchev–Trinajstić information content (AvgIpc) is 3.21. The minimum absolute atomic E-state index is 0.0279. The molecule has 178 valence electrons. The van der Waals surface area contributed by atoms with Crippen LogP contribution < -0.4 is 19.9 Å². The molecule has 0 aromatic heterocycles. The fourth-order valence-electron chi connectivity index (χ4n) is 4.04. The molecule has 4 N–H and O–H groups in total. The van der Waals surface area contributed by atoms with E-state index in [4.69, 9.17) is 19.9 Å². The van der Waals surface area contributed by atoms with Crippen LogP contribution in [-0.2, 0) is 0 Å². The standard InChI is InChI=1S/C27H29NO6/c1-15(2)17-9-18(16-7-8-24-21(12-16)22(28)13-33-24)11-19(10-17)23(29)14-34-26-20(27(30)31)5-4-6-25(26)32-3/h4-12,15,22-23,29H,13-14,28H2,1-3H3,(H,30,31)/t22-,23?/m1/s1. The highest BCUT2D eigenvalue weighted by Crippen LogP contribution is 2.37. The van der Waals surface area contributed by atoms with Crippen LogP contribution in [0.25, 0.3) is 11.1 Å². The second kappa shape index (κ2) is 9.75. The molecule has 3 aromatic rings. The lowest BCUT2D eigenvalue weighted by atomic mass is 9.92. The van der Waals surface area contributed by atoms with Gasteiger partial charge in [-0.05, 0) is 58.5 Å². The molecule has 0 saturated carbocycles. The van der Waals surface area contributed by atoms with Crippen molar-refractivity contribution in [3.63, 3.8) is 0 Å². The van der Waals surface area contributed by atoms with Crippen LogP contribution in [0.5, 0.6) is 17.2 Å². The summed E-state index contributed by atoms with van der Waals surface area (Å²) in [6, 6.07) is 16.4. The monoisotopic (exact) mass is 463 g/mol. The average molecular weight is 464 g/mol. The molecule has 0 saturated heterocycles. The van der Waals surface area contributed by atoms with Gasteiger partial charge in [0.1, 0.15) is 30.6 Å². The predicted octanol–water partition coefficient (Wildman–Crippen LogP) is 4.69. The van der Waals surface area contributed by atoms with Crippen LogP contribution in [0.3, 0.4) is 0 Å². The van der Waals surface area contributed by atoms with Crippen molar-refractivity contribution in [1.82, 2.24) is 0 Å². The third kappa shape index (κ3) is 4.71. The zero-order valence-corrected chi connectivity index (χ0v) is 19.4. The number of aliphatic hydroxyl groups excluding tert-OH is 1. The lowest BCUT2D eigenvalue weighted by Crippen LogP contribution is -2.13. The first-order valence-electron chi connectivity index (χ1n) is 11.2. The van der Waals surface area contributed by atoms with Gasteiger partial charge in [-0.1, -0.05) is 38.1 Å². The molecule has 2 atom stereocenters. The summed E-state index contributed by atoms with van der Waals surface area (Å²) in [6.07, 6.45) is -0.982. The van der Waals surface area contributed by atoms with Crippen molar-refractivity contribution in [1.29, 1.82) is 0 Å². The number of hydrogen-bond acceptors (Lipinski definition) is 6. The Morgan fingerprint density at radius 3 is 2.59 bits per heavy atom. The van der Waals surface area contributed by atoms with Crippen LogP contribution in [-0.4, -0.2) is 36.5 Å². The first-order valence-corrected chi connectivity index (χ1v) is 11.2. The van der Waals surface area contributed by atoms with Gasteiger partial charge in [0.05, 0.1) is 13.2 Å². The smallest absolute Gasteiger partial charge is 0.339 e. The molecule has 0 spiro atoms. The van der Waals surface area contributed by atoms with E-state index in [2.05, 4.69) is 19.9 Å². The highest BCUT2D eigenvalue weighted by Gasteiger charge is 2.22. The van der Waals surface area contributed by atoms with Gasteiger partial charge in [-0.2, -0.15) is 0 Å². The Kier molecular flexibility index (Phi) is 6.77. The SMILES string of the molecule is COc1cccc(C(=O)O)c1OCC(O)c1cc(-c2ccc3c(c2)[C@H](N)CO3)cc(C(C)C)c1. The van der Waals surface area contributed by atoms with E-state index < -0.39 is 12.1 Å². The molecule has 34 heavy (non-hydrogen) atoms. The number of carboxylic acids is 1. The summed E-state index contributed by atoms with van der Waals surface area (Å²) in [5, 5.41) is 20.5. The Morgan fingerprint density at radius 1 is 1.12 bits per heavy atom. The van der Waals surface area contributed by atoms with Gasteiger partial charge in [-0.3, -0.25) is 0 Å². The van der Waals surface area contributed by atoms with Gasteiger partial charge in [-0.15, -0.1) is 0 Å². The first-order chi connectivity index (χ1) is 16.3. The third-order valence-electron chi connectivity index (χ3n) is 6.00. The fourth-order valence-corrected chi connectivity index (χ4v) is 4.04. The van der Waals surface area contributed by atoms with Gasteiger partial charge in [0.15, 0.2) is 11.5 Å². The molecule has 1 unspecified atom stereocenters. The second-order valence-electron chi connectivity index (χ2n) is 8.68. The maximum atomic E-state index is 11.6. The van der Waals surface area contributed by atoms with Crippen molar-refractivity contribution in [2.24, 2.45) is 5.73 Å². The maximum absolute atomic E-state index is 11.6. The highest BCUT2D eigenvalue weighted by molar-refractivity contribution is 5.92. The summed E-state index contributed by atoms with van der Waals surface area (Å²) in [4.78, 5) is 11.6. The van der Waals surface area contributed by atoms with E-state index in [0.29, 0.717) is 17.9 Å². The van der Waals surface area contributed by atoms with Gasteiger partial charge >= 0.3 is 5.97 Å². The van der Waals surface area contributed by atoms with Crippen LogP contribution >= 0.6 is 0 Å². The number of rotatable bonds is 8. The number of aliphatic hydroxyl groups is 1. The number of methoxy groups -OCH3 is 1. The quantitative estimate of drug-likeness (QED) is 0.444. The predicted molar refractivity (Wildman–Crippen MR) is 129 cm³/mol. The van der Waals surface area contributed by atoms with Gasteiger partial charge in [0, 0.05) is 5.56 Å². The molecular weight excluding hydrogens is 434 g/mol. The molecule has 1 aliphatic heterocycles. The lowest BCUT2D eigenvalue weighted by Gasteiger charge is -2.19. The molecule has 0 amide bonds. The van der Waals surface area contributed by atoms with E-state index in [1.54, 1.807) is 12.1 Å². The summed E-state index contributed by atoms with van der Waals surface area (Å²) in [7, 11) is 1.44. The summed E-state index contributed by atoms with van der Waals surface area (Å²) in [6.45, 7) is 4.51. The Morgan fingerprint density at radius 2 is 1.88 bits per heavy atom.